The van der Waals surface area contributed by atoms with Crippen molar-refractivity contribution < 1.29 is 49.0 Å². The Balaban J connectivity index is 0.000000212. The summed E-state index contributed by atoms with van der Waals surface area (Å²) < 4.78 is 2.17. The number of benzene rings is 3. The molecule has 0 N–H and O–H groups in total. The topological polar surface area (TPSA) is 0 Å². The normalized spacial score (nSPS) is 18.2. The van der Waals surface area contributed by atoms with Gasteiger partial charge in [-0.15, -0.1) is 11.6 Å². The molecule has 3 heteroatoms. The summed E-state index contributed by atoms with van der Waals surface area (Å²) in [4.78, 5) is 0. The van der Waals surface area contributed by atoms with Gasteiger partial charge in [0.2, 0.25) is 0 Å². The van der Waals surface area contributed by atoms with Crippen LogP contribution in [0.3, 0.4) is 0 Å². The number of hydrogen-bond acceptors (Lipinski definition) is 0. The summed E-state index contributed by atoms with van der Waals surface area (Å²) in [5.41, 5.74) is 14.7. The Bertz CT molecular complexity index is 1550. The summed E-state index contributed by atoms with van der Waals surface area (Å²) in [7, 11) is 0. The van der Waals surface area contributed by atoms with Gasteiger partial charge in [0.15, 0.2) is 0 Å². The Kier molecular flexibility index (Phi) is 11.7. The van der Waals surface area contributed by atoms with E-state index < -0.39 is 0 Å². The molecule has 7 rings (SSSR count). The molecule has 0 spiro atoms. The molecule has 0 saturated carbocycles. The van der Waals surface area contributed by atoms with E-state index in [2.05, 4.69) is 150 Å². The van der Waals surface area contributed by atoms with Crippen LogP contribution in [0.25, 0.3) is 23.3 Å². The zero-order valence-electron chi connectivity index (χ0n) is 27.4. The zero-order chi connectivity index (χ0) is 30.3. The van der Waals surface area contributed by atoms with Crippen LogP contribution in [0, 0.1) is 23.5 Å². The summed E-state index contributed by atoms with van der Waals surface area (Å²) in [6.07, 6.45) is 20.4. The molecule has 0 amide bonds. The van der Waals surface area contributed by atoms with Gasteiger partial charge in [-0.1, -0.05) is 103 Å². The summed E-state index contributed by atoms with van der Waals surface area (Å²) >= 11 is 1.46. The van der Waals surface area contributed by atoms with Crippen LogP contribution in [0.4, 0.5) is 0 Å². The molecule has 0 heterocycles. The van der Waals surface area contributed by atoms with Gasteiger partial charge in [0.05, 0.1) is 0 Å². The van der Waals surface area contributed by atoms with E-state index in [0.29, 0.717) is 11.3 Å². The van der Waals surface area contributed by atoms with Crippen molar-refractivity contribution in [2.45, 2.75) is 79.1 Å². The second kappa shape index (κ2) is 14.2. The first-order chi connectivity index (χ1) is 19.8. The number of rotatable bonds is 2. The average Bonchev–Trinajstić information content (AvgIpc) is 3.72. The molecule has 0 aliphatic heterocycles. The standard InChI is InChI=1S/C23H21.C11H17.C7H6.2ClH.Zr/c1-22(2)7-5-14-10-18-16(12-20(14)22)9-17-13-21-15(11-19(17)18)6-8-23(21,3)4;1-5-9-6-7-10(8-9)11(2,3)4;1-7-5-3-2-4-6-7;;;/h5-7,10-13H,9H2,1-4H3;7-9H,5H2,1-4H3;1-6H;2*1H;/q2*-1;;;;+2/p-2. The Hall–Kier alpha value is -2.05. The van der Waals surface area contributed by atoms with E-state index in [1.54, 1.807) is 0 Å². The molecule has 0 aromatic heterocycles. The van der Waals surface area contributed by atoms with Gasteiger partial charge in [0.25, 0.3) is 0 Å². The number of hydrogen-bond donors (Lipinski definition) is 0. The van der Waals surface area contributed by atoms with E-state index in [1.165, 1.54) is 86.3 Å². The van der Waals surface area contributed by atoms with Gasteiger partial charge in [0, 0.05) is 5.41 Å². The van der Waals surface area contributed by atoms with Gasteiger partial charge in [0.1, 0.15) is 0 Å². The first-order valence-electron chi connectivity index (χ1n) is 15.3. The van der Waals surface area contributed by atoms with Gasteiger partial charge >= 0.3 is 63.8 Å². The molecule has 0 fully saturated rings. The van der Waals surface area contributed by atoms with E-state index in [1.807, 2.05) is 6.07 Å². The van der Waals surface area contributed by atoms with Crippen molar-refractivity contribution in [3.8, 4) is 11.1 Å². The SMILES string of the molecule is CC1(C)[C-]=Cc2cc3c(cc21)Cc1cc2c(cc1-3)C=CC2(C)C.CCC1[C-]=CC(C(C)(C)C)=C1.[Cl-].[Cl-].[Zr+2]=[CH]c1ccccc1. The van der Waals surface area contributed by atoms with Gasteiger partial charge < -0.3 is 24.8 Å². The molecule has 0 bridgehead atoms. The van der Waals surface area contributed by atoms with Crippen molar-refractivity contribution >= 4 is 15.9 Å². The van der Waals surface area contributed by atoms with Crippen LogP contribution < -0.4 is 24.8 Å². The predicted molar refractivity (Wildman–Crippen MR) is 178 cm³/mol. The first kappa shape index (κ1) is 36.4. The third kappa shape index (κ3) is 7.66. The van der Waals surface area contributed by atoms with Crippen molar-refractivity contribution in [1.29, 1.82) is 0 Å². The minimum atomic E-state index is 0. The fourth-order valence-corrected chi connectivity index (χ4v) is 6.64. The molecular weight excluding hydrogens is 655 g/mol. The van der Waals surface area contributed by atoms with Crippen molar-refractivity contribution in [2.75, 3.05) is 0 Å². The molecule has 228 valence electrons. The van der Waals surface area contributed by atoms with E-state index in [4.69, 9.17) is 0 Å². The van der Waals surface area contributed by atoms with Crippen LogP contribution in [0.5, 0.6) is 0 Å². The van der Waals surface area contributed by atoms with E-state index in [0.717, 1.165) is 6.42 Å². The summed E-state index contributed by atoms with van der Waals surface area (Å²) in [6, 6.07) is 20.0. The summed E-state index contributed by atoms with van der Waals surface area (Å²) in [6.45, 7) is 18.1. The molecule has 0 radical (unpaired) electrons. The predicted octanol–water partition coefficient (Wildman–Crippen LogP) is 4.42. The first-order valence-corrected chi connectivity index (χ1v) is 16.8. The Morgan fingerprint density at radius 1 is 0.864 bits per heavy atom. The molecule has 0 saturated heterocycles. The summed E-state index contributed by atoms with van der Waals surface area (Å²) in [5.74, 6) is 0.573. The van der Waals surface area contributed by atoms with Gasteiger partial charge in [-0.25, -0.2) is 12.2 Å². The van der Waals surface area contributed by atoms with Crippen LogP contribution in [-0.2, 0) is 41.5 Å². The monoisotopic (exact) mass is 696 g/mol. The van der Waals surface area contributed by atoms with Crippen LogP contribution in [0.15, 0.2) is 78.4 Å². The molecule has 4 aliphatic carbocycles. The van der Waals surface area contributed by atoms with Gasteiger partial charge in [-0.3, -0.25) is 12.2 Å². The van der Waals surface area contributed by atoms with Crippen molar-refractivity contribution in [3.63, 3.8) is 0 Å². The second-order valence-corrected chi connectivity index (χ2v) is 14.8. The number of fused-ring (bicyclic) bond motifs is 5. The summed E-state index contributed by atoms with van der Waals surface area (Å²) in [5, 5.41) is 0. The average molecular weight is 699 g/mol. The Morgan fingerprint density at radius 3 is 2.00 bits per heavy atom. The van der Waals surface area contributed by atoms with Crippen molar-refractivity contribution in [3.05, 3.63) is 129 Å². The zero-order valence-corrected chi connectivity index (χ0v) is 31.4. The van der Waals surface area contributed by atoms with E-state index in [9.17, 15) is 0 Å². The molecule has 0 nitrogen and oxygen atoms in total. The minimum absolute atomic E-state index is 0. The third-order valence-corrected chi connectivity index (χ3v) is 9.78. The maximum absolute atomic E-state index is 3.50. The van der Waals surface area contributed by atoms with Gasteiger partial charge in [-0.05, 0) is 45.9 Å². The van der Waals surface area contributed by atoms with Crippen LogP contribution >= 0.6 is 0 Å². The van der Waals surface area contributed by atoms with E-state index in [-0.39, 0.29) is 35.6 Å². The molecule has 44 heavy (non-hydrogen) atoms. The van der Waals surface area contributed by atoms with Gasteiger partial charge in [-0.2, -0.15) is 17.2 Å². The Morgan fingerprint density at radius 2 is 1.48 bits per heavy atom. The maximum atomic E-state index is 3.50. The fourth-order valence-electron chi connectivity index (χ4n) is 6.16. The van der Waals surface area contributed by atoms with E-state index >= 15 is 0 Å². The quantitative estimate of drug-likeness (QED) is 0.272. The molecule has 3 aromatic carbocycles. The van der Waals surface area contributed by atoms with Crippen molar-refractivity contribution in [1.82, 2.24) is 0 Å². The van der Waals surface area contributed by atoms with Crippen LogP contribution in [0.1, 0.15) is 101 Å². The molecule has 3 aromatic rings. The molecular formula is C41H44Cl2Zr-2. The fraction of sp³-hybridized carbons (Fsp3) is 0.341. The number of halogens is 2. The molecule has 1 unspecified atom stereocenters. The second-order valence-electron chi connectivity index (χ2n) is 14.1. The number of allylic oxidation sites excluding steroid dienone is 6. The molecule has 4 aliphatic rings. The van der Waals surface area contributed by atoms with Crippen molar-refractivity contribution in [2.24, 2.45) is 11.3 Å². The third-order valence-electron chi connectivity index (χ3n) is 8.96. The molecule has 1 atom stereocenters. The Labute approximate surface area is 294 Å². The van der Waals surface area contributed by atoms with Crippen LogP contribution in [0.2, 0.25) is 0 Å². The van der Waals surface area contributed by atoms with Crippen LogP contribution in [-0.4, -0.2) is 3.71 Å².